The van der Waals surface area contributed by atoms with Gasteiger partial charge in [-0.15, -0.1) is 0 Å². The smallest absolute Gasteiger partial charge is 0.117 e. The molecule has 3 N–H and O–H groups in total. The highest BCUT2D eigenvalue weighted by molar-refractivity contribution is 5.05. The lowest BCUT2D eigenvalue weighted by molar-refractivity contribution is 0.328. The summed E-state index contributed by atoms with van der Waals surface area (Å²) < 4.78 is 5.48. The van der Waals surface area contributed by atoms with Crippen LogP contribution < -0.4 is 11.1 Å². The molecule has 98 valence electrons. The zero-order valence-electron chi connectivity index (χ0n) is 11.5. The van der Waals surface area contributed by atoms with Crippen LogP contribution >= 0.6 is 0 Å². The molecule has 1 unspecified atom stereocenters. The highest BCUT2D eigenvalue weighted by atomic mass is 16.3. The molecule has 0 aliphatic carbocycles. The number of nitrogens with two attached hydrogens (primary N) is 1. The molecule has 3 heteroatoms. The van der Waals surface area contributed by atoms with E-state index < -0.39 is 0 Å². The summed E-state index contributed by atoms with van der Waals surface area (Å²) in [6, 6.07) is 4.28. The Kier molecular flexibility index (Phi) is 5.22. The van der Waals surface area contributed by atoms with E-state index in [1.54, 1.807) is 0 Å². The lowest BCUT2D eigenvalue weighted by atomic mass is 9.87. The van der Waals surface area contributed by atoms with Gasteiger partial charge in [0.25, 0.3) is 0 Å². The van der Waals surface area contributed by atoms with Crippen LogP contribution in [-0.4, -0.2) is 12.6 Å². The van der Waals surface area contributed by atoms with Crippen molar-refractivity contribution in [1.29, 1.82) is 0 Å². The normalized spacial score (nSPS) is 13.9. The van der Waals surface area contributed by atoms with Crippen LogP contribution in [0, 0.1) is 12.3 Å². The average molecular weight is 238 g/mol. The number of hydrogen-bond acceptors (Lipinski definition) is 3. The fourth-order valence-corrected chi connectivity index (χ4v) is 1.97. The third kappa shape index (κ3) is 6.49. The molecule has 3 nitrogen and oxygen atoms in total. The lowest BCUT2D eigenvalue weighted by Crippen LogP contribution is -2.30. The molecule has 0 saturated heterocycles. The summed E-state index contributed by atoms with van der Waals surface area (Å²) in [4.78, 5) is 0. The summed E-state index contributed by atoms with van der Waals surface area (Å²) in [6.45, 7) is 10.4. The first-order valence-electron chi connectivity index (χ1n) is 6.38. The Hall–Kier alpha value is -0.800. The third-order valence-electron chi connectivity index (χ3n) is 2.66. The standard InChI is InChI=1S/C14H26N2O/c1-11-5-6-13(17-11)10-16-8-7-12(15)9-14(2,3)4/h5-6,12,16H,7-10,15H2,1-4H3. The van der Waals surface area contributed by atoms with Gasteiger partial charge in [-0.2, -0.15) is 0 Å². The molecule has 1 aromatic heterocycles. The van der Waals surface area contributed by atoms with Crippen molar-refractivity contribution < 1.29 is 4.42 Å². The second-order valence-corrected chi connectivity index (χ2v) is 6.00. The lowest BCUT2D eigenvalue weighted by Gasteiger charge is -2.23. The average Bonchev–Trinajstić information content (AvgIpc) is 2.56. The molecule has 1 rings (SSSR count). The molecule has 0 aliphatic rings. The van der Waals surface area contributed by atoms with Crippen molar-refractivity contribution in [3.63, 3.8) is 0 Å². The van der Waals surface area contributed by atoms with Crippen LogP contribution in [0.3, 0.4) is 0 Å². The molecule has 1 aromatic rings. The zero-order chi connectivity index (χ0) is 12.9. The van der Waals surface area contributed by atoms with Gasteiger partial charge < -0.3 is 15.5 Å². The van der Waals surface area contributed by atoms with Crippen molar-refractivity contribution >= 4 is 0 Å². The largest absolute Gasteiger partial charge is 0.465 e. The van der Waals surface area contributed by atoms with Gasteiger partial charge in [-0.05, 0) is 43.9 Å². The van der Waals surface area contributed by atoms with E-state index in [1.807, 2.05) is 19.1 Å². The quantitative estimate of drug-likeness (QED) is 0.749. The highest BCUT2D eigenvalue weighted by Gasteiger charge is 2.15. The molecule has 1 atom stereocenters. The van der Waals surface area contributed by atoms with Crippen molar-refractivity contribution in [2.24, 2.45) is 11.1 Å². The minimum atomic E-state index is 0.279. The first-order chi connectivity index (χ1) is 7.87. The fourth-order valence-electron chi connectivity index (χ4n) is 1.97. The fraction of sp³-hybridized carbons (Fsp3) is 0.714. The number of aryl methyl sites for hydroxylation is 1. The van der Waals surface area contributed by atoms with E-state index in [2.05, 4.69) is 26.1 Å². The molecule has 0 amide bonds. The van der Waals surface area contributed by atoms with Gasteiger partial charge in [0.05, 0.1) is 6.54 Å². The van der Waals surface area contributed by atoms with Crippen LogP contribution in [0.1, 0.15) is 45.1 Å². The number of hydrogen-bond donors (Lipinski definition) is 2. The first kappa shape index (κ1) is 14.3. The molecule has 0 saturated carbocycles. The number of nitrogens with one attached hydrogen (secondary N) is 1. The maximum absolute atomic E-state index is 6.08. The van der Waals surface area contributed by atoms with Crippen molar-refractivity contribution in [1.82, 2.24) is 5.32 Å². The molecule has 0 fully saturated rings. The SMILES string of the molecule is Cc1ccc(CNCCC(N)CC(C)(C)C)o1. The third-order valence-corrected chi connectivity index (χ3v) is 2.66. The van der Waals surface area contributed by atoms with Crippen LogP contribution in [0.4, 0.5) is 0 Å². The van der Waals surface area contributed by atoms with Gasteiger partial charge in [-0.3, -0.25) is 0 Å². The number of furan rings is 1. The van der Waals surface area contributed by atoms with Gasteiger partial charge >= 0.3 is 0 Å². The Morgan fingerprint density at radius 2 is 2.06 bits per heavy atom. The van der Waals surface area contributed by atoms with Gasteiger partial charge in [0, 0.05) is 6.04 Å². The first-order valence-corrected chi connectivity index (χ1v) is 6.38. The molecule has 0 aromatic carbocycles. The predicted molar refractivity (Wildman–Crippen MR) is 71.8 cm³/mol. The van der Waals surface area contributed by atoms with Crippen molar-refractivity contribution in [2.75, 3.05) is 6.54 Å². The minimum Gasteiger partial charge on any atom is -0.465 e. The van der Waals surface area contributed by atoms with Crippen LogP contribution in [0.5, 0.6) is 0 Å². The monoisotopic (exact) mass is 238 g/mol. The van der Waals surface area contributed by atoms with E-state index in [0.29, 0.717) is 5.41 Å². The summed E-state index contributed by atoms with van der Waals surface area (Å²) in [5, 5.41) is 3.36. The van der Waals surface area contributed by atoms with Crippen LogP contribution in [-0.2, 0) is 6.54 Å². The van der Waals surface area contributed by atoms with Crippen molar-refractivity contribution in [2.45, 2.75) is 53.1 Å². The van der Waals surface area contributed by atoms with E-state index >= 15 is 0 Å². The van der Waals surface area contributed by atoms with E-state index in [9.17, 15) is 0 Å². The van der Waals surface area contributed by atoms with E-state index in [1.165, 1.54) is 0 Å². The van der Waals surface area contributed by atoms with E-state index in [-0.39, 0.29) is 6.04 Å². The predicted octanol–water partition coefficient (Wildman–Crippen LogP) is 2.83. The maximum Gasteiger partial charge on any atom is 0.117 e. The van der Waals surface area contributed by atoms with E-state index in [0.717, 1.165) is 37.5 Å². The summed E-state index contributed by atoms with van der Waals surface area (Å²) in [7, 11) is 0. The molecular formula is C14H26N2O. The van der Waals surface area contributed by atoms with Crippen LogP contribution in [0.25, 0.3) is 0 Å². The van der Waals surface area contributed by atoms with Gasteiger partial charge in [-0.25, -0.2) is 0 Å². The molecule has 1 heterocycles. The minimum absolute atomic E-state index is 0.279. The van der Waals surface area contributed by atoms with E-state index in [4.69, 9.17) is 10.2 Å². The Bertz CT molecular complexity index is 325. The maximum atomic E-state index is 6.08. The molecule has 0 radical (unpaired) electrons. The van der Waals surface area contributed by atoms with Crippen molar-refractivity contribution in [3.8, 4) is 0 Å². The topological polar surface area (TPSA) is 51.2 Å². The Balaban J connectivity index is 2.12. The molecule has 0 aliphatic heterocycles. The molecule has 17 heavy (non-hydrogen) atoms. The highest BCUT2D eigenvalue weighted by Crippen LogP contribution is 2.20. The Labute approximate surface area is 105 Å². The Morgan fingerprint density at radius 1 is 1.35 bits per heavy atom. The van der Waals surface area contributed by atoms with Crippen LogP contribution in [0.2, 0.25) is 0 Å². The zero-order valence-corrected chi connectivity index (χ0v) is 11.5. The summed E-state index contributed by atoms with van der Waals surface area (Å²) in [6.07, 6.45) is 2.07. The summed E-state index contributed by atoms with van der Waals surface area (Å²) in [5.74, 6) is 1.96. The van der Waals surface area contributed by atoms with Gasteiger partial charge in [0.1, 0.15) is 11.5 Å². The second-order valence-electron chi connectivity index (χ2n) is 6.00. The van der Waals surface area contributed by atoms with Gasteiger partial charge in [-0.1, -0.05) is 20.8 Å². The van der Waals surface area contributed by atoms with Gasteiger partial charge in [0.2, 0.25) is 0 Å². The molecule has 0 bridgehead atoms. The second kappa shape index (κ2) is 6.22. The van der Waals surface area contributed by atoms with Gasteiger partial charge in [0.15, 0.2) is 0 Å². The molecular weight excluding hydrogens is 212 g/mol. The summed E-state index contributed by atoms with van der Waals surface area (Å²) in [5.41, 5.74) is 6.40. The Morgan fingerprint density at radius 3 is 2.59 bits per heavy atom. The summed E-state index contributed by atoms with van der Waals surface area (Å²) >= 11 is 0. The van der Waals surface area contributed by atoms with Crippen molar-refractivity contribution in [3.05, 3.63) is 23.7 Å². The number of rotatable bonds is 6. The van der Waals surface area contributed by atoms with Crippen LogP contribution in [0.15, 0.2) is 16.5 Å². The molecule has 0 spiro atoms.